The van der Waals surface area contributed by atoms with Crippen LogP contribution in [0.2, 0.25) is 0 Å². The van der Waals surface area contributed by atoms with Gasteiger partial charge >= 0.3 is 0 Å². The molecule has 0 fully saturated rings. The van der Waals surface area contributed by atoms with E-state index in [1.54, 1.807) is 0 Å². The first kappa shape index (κ1) is 14.9. The third kappa shape index (κ3) is 4.28. The van der Waals surface area contributed by atoms with Crippen LogP contribution in [0.15, 0.2) is 34.8 Å². The predicted octanol–water partition coefficient (Wildman–Crippen LogP) is 3.70. The summed E-state index contributed by atoms with van der Waals surface area (Å²) in [6, 6.07) is 9.95. The third-order valence-corrected chi connectivity index (χ3v) is 3.48. The molecule has 4 nitrogen and oxygen atoms in total. The van der Waals surface area contributed by atoms with E-state index >= 15 is 0 Å². The van der Waals surface area contributed by atoms with Crippen LogP contribution in [0.3, 0.4) is 0 Å². The number of anilines is 1. The third-order valence-electron chi connectivity index (χ3n) is 2.70. The molecule has 0 radical (unpaired) electrons. The summed E-state index contributed by atoms with van der Waals surface area (Å²) in [5, 5.41) is 3.19. The molecule has 0 aliphatic heterocycles. The zero-order chi connectivity index (χ0) is 14.4. The van der Waals surface area contributed by atoms with Crippen molar-refractivity contribution >= 4 is 21.7 Å². The van der Waals surface area contributed by atoms with Crippen molar-refractivity contribution < 1.29 is 4.74 Å². The molecule has 0 aliphatic rings. The highest BCUT2D eigenvalue weighted by Gasteiger charge is 2.03. The van der Waals surface area contributed by atoms with Gasteiger partial charge in [-0.05, 0) is 25.5 Å². The van der Waals surface area contributed by atoms with Crippen LogP contribution in [-0.2, 0) is 18.0 Å². The molecular formula is C15H18BrN3O. The fourth-order valence-corrected chi connectivity index (χ4v) is 2.23. The molecular weight excluding hydrogens is 318 g/mol. The number of aromatic nitrogens is 2. The highest BCUT2D eigenvalue weighted by molar-refractivity contribution is 9.10. The van der Waals surface area contributed by atoms with E-state index in [0.29, 0.717) is 19.0 Å². The maximum absolute atomic E-state index is 5.69. The molecule has 1 aromatic heterocycles. The number of hydrogen-bond donors (Lipinski definition) is 1. The minimum absolute atomic E-state index is 0.404. The molecule has 1 aromatic carbocycles. The highest BCUT2D eigenvalue weighted by atomic mass is 79.9. The van der Waals surface area contributed by atoms with Crippen molar-refractivity contribution in [2.24, 2.45) is 0 Å². The van der Waals surface area contributed by atoms with E-state index in [2.05, 4.69) is 31.2 Å². The van der Waals surface area contributed by atoms with E-state index < -0.39 is 0 Å². The number of halogens is 1. The molecule has 0 saturated heterocycles. The second-order valence-corrected chi connectivity index (χ2v) is 5.28. The van der Waals surface area contributed by atoms with Gasteiger partial charge in [0.15, 0.2) is 5.82 Å². The second-order valence-electron chi connectivity index (χ2n) is 4.43. The van der Waals surface area contributed by atoms with Gasteiger partial charge in [0.2, 0.25) is 0 Å². The number of nitrogens with zero attached hydrogens (tertiary/aromatic N) is 2. The summed E-state index contributed by atoms with van der Waals surface area (Å²) >= 11 is 3.51. The fourth-order valence-electron chi connectivity index (χ4n) is 1.83. The first-order valence-electron chi connectivity index (χ1n) is 6.58. The highest BCUT2D eigenvalue weighted by Crippen LogP contribution is 2.17. The normalized spacial score (nSPS) is 10.6. The molecule has 5 heteroatoms. The van der Waals surface area contributed by atoms with Gasteiger partial charge < -0.3 is 10.1 Å². The van der Waals surface area contributed by atoms with Crippen LogP contribution in [0.1, 0.15) is 24.0 Å². The monoisotopic (exact) mass is 335 g/mol. The molecule has 2 rings (SSSR count). The van der Waals surface area contributed by atoms with Crippen molar-refractivity contribution in [1.82, 2.24) is 9.97 Å². The molecule has 1 heterocycles. The maximum atomic E-state index is 5.69. The van der Waals surface area contributed by atoms with Crippen LogP contribution in [0.5, 0.6) is 0 Å². The topological polar surface area (TPSA) is 47.0 Å². The summed E-state index contributed by atoms with van der Waals surface area (Å²) in [4.78, 5) is 8.80. The van der Waals surface area contributed by atoms with E-state index in [4.69, 9.17) is 4.74 Å². The molecule has 1 N–H and O–H groups in total. The molecule has 0 amide bonds. The molecule has 0 bridgehead atoms. The van der Waals surface area contributed by atoms with Crippen LogP contribution < -0.4 is 5.32 Å². The van der Waals surface area contributed by atoms with Gasteiger partial charge in [0, 0.05) is 22.8 Å². The molecule has 0 aliphatic carbocycles. The number of nitrogens with one attached hydrogen (secondary N) is 1. The van der Waals surface area contributed by atoms with Crippen LogP contribution in [0.25, 0.3) is 0 Å². The fraction of sp³-hybridized carbons (Fsp3) is 0.333. The summed E-state index contributed by atoms with van der Waals surface area (Å²) in [6.45, 7) is 5.78. The first-order chi connectivity index (χ1) is 9.69. The molecule has 20 heavy (non-hydrogen) atoms. The summed E-state index contributed by atoms with van der Waals surface area (Å²) < 4.78 is 6.75. The Hall–Kier alpha value is -1.46. The standard InChI is InChI=1S/C15H18BrN3O/c1-3-17-14-8-11(2)18-15(19-14)10-20-9-12-6-4-5-7-13(12)16/h4-8H,3,9-10H2,1-2H3,(H,17,18,19). The Kier molecular flexibility index (Phi) is 5.49. The Bertz CT molecular complexity index is 575. The minimum Gasteiger partial charge on any atom is -0.370 e. The van der Waals surface area contributed by atoms with E-state index in [-0.39, 0.29) is 0 Å². The van der Waals surface area contributed by atoms with E-state index in [0.717, 1.165) is 28.1 Å². The van der Waals surface area contributed by atoms with Crippen molar-refractivity contribution in [3.05, 3.63) is 51.9 Å². The van der Waals surface area contributed by atoms with Gasteiger partial charge in [0.25, 0.3) is 0 Å². The minimum atomic E-state index is 0.404. The van der Waals surface area contributed by atoms with E-state index in [9.17, 15) is 0 Å². The average Bonchev–Trinajstić information content (AvgIpc) is 2.41. The smallest absolute Gasteiger partial charge is 0.156 e. The van der Waals surface area contributed by atoms with Gasteiger partial charge in [-0.2, -0.15) is 0 Å². The second kappa shape index (κ2) is 7.36. The van der Waals surface area contributed by atoms with Crippen LogP contribution in [0.4, 0.5) is 5.82 Å². The molecule has 0 saturated carbocycles. The Morgan fingerprint density at radius 3 is 2.75 bits per heavy atom. The van der Waals surface area contributed by atoms with Crippen LogP contribution in [0, 0.1) is 6.92 Å². The lowest BCUT2D eigenvalue weighted by Gasteiger charge is -2.08. The molecule has 0 unspecified atom stereocenters. The van der Waals surface area contributed by atoms with Crippen molar-refractivity contribution in [2.45, 2.75) is 27.1 Å². The Balaban J connectivity index is 1.95. The SMILES string of the molecule is CCNc1cc(C)nc(COCc2ccccc2Br)n1. The van der Waals surface area contributed by atoms with Gasteiger partial charge in [-0.15, -0.1) is 0 Å². The van der Waals surface area contributed by atoms with Crippen LogP contribution >= 0.6 is 15.9 Å². The van der Waals surface area contributed by atoms with Gasteiger partial charge in [0.05, 0.1) is 6.61 Å². The van der Waals surface area contributed by atoms with Gasteiger partial charge in [-0.1, -0.05) is 34.1 Å². The number of ether oxygens (including phenoxy) is 1. The summed E-state index contributed by atoms with van der Waals surface area (Å²) in [7, 11) is 0. The predicted molar refractivity (Wildman–Crippen MR) is 83.6 cm³/mol. The number of benzene rings is 1. The molecule has 0 atom stereocenters. The molecule has 2 aromatic rings. The average molecular weight is 336 g/mol. The van der Waals surface area contributed by atoms with Crippen molar-refractivity contribution in [3.63, 3.8) is 0 Å². The van der Waals surface area contributed by atoms with Gasteiger partial charge in [-0.3, -0.25) is 0 Å². The first-order valence-corrected chi connectivity index (χ1v) is 7.38. The lowest BCUT2D eigenvalue weighted by atomic mass is 10.2. The van der Waals surface area contributed by atoms with Gasteiger partial charge in [0.1, 0.15) is 12.4 Å². The van der Waals surface area contributed by atoms with Gasteiger partial charge in [-0.25, -0.2) is 9.97 Å². The van der Waals surface area contributed by atoms with E-state index in [1.807, 2.05) is 44.2 Å². The molecule has 106 valence electrons. The summed E-state index contributed by atoms with van der Waals surface area (Å²) in [5.41, 5.74) is 2.06. The number of rotatable bonds is 6. The zero-order valence-corrected chi connectivity index (χ0v) is 13.3. The van der Waals surface area contributed by atoms with Crippen molar-refractivity contribution in [3.8, 4) is 0 Å². The Labute approximate surface area is 127 Å². The van der Waals surface area contributed by atoms with E-state index in [1.165, 1.54) is 0 Å². The van der Waals surface area contributed by atoms with Crippen LogP contribution in [-0.4, -0.2) is 16.5 Å². The lowest BCUT2D eigenvalue weighted by molar-refractivity contribution is 0.101. The Morgan fingerprint density at radius 2 is 2.00 bits per heavy atom. The zero-order valence-electron chi connectivity index (χ0n) is 11.7. The summed E-state index contributed by atoms with van der Waals surface area (Å²) in [6.07, 6.45) is 0. The van der Waals surface area contributed by atoms with Crippen molar-refractivity contribution in [2.75, 3.05) is 11.9 Å². The summed E-state index contributed by atoms with van der Waals surface area (Å²) in [5.74, 6) is 1.55. The largest absolute Gasteiger partial charge is 0.370 e. The number of hydrogen-bond acceptors (Lipinski definition) is 4. The maximum Gasteiger partial charge on any atom is 0.156 e. The van der Waals surface area contributed by atoms with Crippen molar-refractivity contribution in [1.29, 1.82) is 0 Å². The Morgan fingerprint density at radius 1 is 1.20 bits per heavy atom. The lowest BCUT2D eigenvalue weighted by Crippen LogP contribution is -2.06. The quantitative estimate of drug-likeness (QED) is 0.874. The number of aryl methyl sites for hydroxylation is 1. The molecule has 0 spiro atoms.